The van der Waals surface area contributed by atoms with Crippen LogP contribution in [0.3, 0.4) is 0 Å². The lowest BCUT2D eigenvalue weighted by atomic mass is 10.4. The van der Waals surface area contributed by atoms with Gasteiger partial charge in [0.05, 0.1) is 11.6 Å². The fraction of sp³-hybridized carbons (Fsp3) is 0.643. The maximum atomic E-state index is 6.02. The number of hydrogen-bond donors (Lipinski definition) is 1. The largest absolute Gasteiger partial charge is 0.357 e. The topological polar surface area (TPSA) is 32.6 Å². The Balaban J connectivity index is 0.00000200. The fourth-order valence-electron chi connectivity index (χ4n) is 2.03. The SMILES string of the molecule is CCNC(=NCC1CC1)N(C)Cc1cc(Cl)cn1C.I. The van der Waals surface area contributed by atoms with Gasteiger partial charge in [-0.15, -0.1) is 24.0 Å². The Morgan fingerprint density at radius 2 is 2.25 bits per heavy atom. The van der Waals surface area contributed by atoms with Gasteiger partial charge >= 0.3 is 0 Å². The summed E-state index contributed by atoms with van der Waals surface area (Å²) in [4.78, 5) is 6.85. The minimum atomic E-state index is 0. The van der Waals surface area contributed by atoms with Crippen LogP contribution in [0.5, 0.6) is 0 Å². The smallest absolute Gasteiger partial charge is 0.194 e. The molecule has 1 aliphatic rings. The van der Waals surface area contributed by atoms with Crippen molar-refractivity contribution in [2.45, 2.75) is 26.3 Å². The van der Waals surface area contributed by atoms with Gasteiger partial charge in [0.1, 0.15) is 0 Å². The van der Waals surface area contributed by atoms with Gasteiger partial charge in [0, 0.05) is 39.1 Å². The van der Waals surface area contributed by atoms with Crippen LogP contribution in [-0.2, 0) is 13.6 Å². The van der Waals surface area contributed by atoms with Gasteiger partial charge in [0.25, 0.3) is 0 Å². The lowest BCUT2D eigenvalue weighted by Crippen LogP contribution is -2.39. The summed E-state index contributed by atoms with van der Waals surface area (Å²) in [6.45, 7) is 4.74. The van der Waals surface area contributed by atoms with E-state index in [-0.39, 0.29) is 24.0 Å². The Morgan fingerprint density at radius 1 is 1.55 bits per heavy atom. The second kappa shape index (κ2) is 8.12. The Labute approximate surface area is 143 Å². The first kappa shape index (κ1) is 17.6. The van der Waals surface area contributed by atoms with E-state index in [4.69, 9.17) is 16.6 Å². The zero-order valence-electron chi connectivity index (χ0n) is 12.4. The fourth-order valence-corrected chi connectivity index (χ4v) is 2.30. The second-order valence-electron chi connectivity index (χ2n) is 5.25. The maximum Gasteiger partial charge on any atom is 0.194 e. The predicted molar refractivity (Wildman–Crippen MR) is 96.0 cm³/mol. The van der Waals surface area contributed by atoms with Crippen LogP contribution >= 0.6 is 35.6 Å². The van der Waals surface area contributed by atoms with Crippen LogP contribution in [0.15, 0.2) is 17.3 Å². The molecule has 0 unspecified atom stereocenters. The molecule has 1 N–H and O–H groups in total. The van der Waals surface area contributed by atoms with Crippen LogP contribution < -0.4 is 5.32 Å². The van der Waals surface area contributed by atoms with Crippen LogP contribution in [0.2, 0.25) is 5.02 Å². The van der Waals surface area contributed by atoms with E-state index < -0.39 is 0 Å². The van der Waals surface area contributed by atoms with Gasteiger partial charge in [-0.05, 0) is 31.7 Å². The van der Waals surface area contributed by atoms with Crippen molar-refractivity contribution in [1.29, 1.82) is 0 Å². The molecule has 0 amide bonds. The monoisotopic (exact) mass is 410 g/mol. The summed E-state index contributed by atoms with van der Waals surface area (Å²) in [5, 5.41) is 4.13. The molecule has 0 saturated heterocycles. The number of guanidine groups is 1. The third-order valence-electron chi connectivity index (χ3n) is 3.37. The molecule has 0 atom stereocenters. The number of aromatic nitrogens is 1. The zero-order chi connectivity index (χ0) is 13.8. The summed E-state index contributed by atoms with van der Waals surface area (Å²) in [6.07, 6.45) is 4.60. The highest BCUT2D eigenvalue weighted by Gasteiger charge is 2.21. The van der Waals surface area contributed by atoms with E-state index in [2.05, 4.69) is 28.8 Å². The number of aliphatic imine (C=N–C) groups is 1. The third kappa shape index (κ3) is 5.16. The molecule has 6 heteroatoms. The number of aryl methyl sites for hydroxylation is 1. The third-order valence-corrected chi connectivity index (χ3v) is 3.57. The minimum Gasteiger partial charge on any atom is -0.357 e. The van der Waals surface area contributed by atoms with Crippen molar-refractivity contribution < 1.29 is 0 Å². The average molecular weight is 411 g/mol. The van der Waals surface area contributed by atoms with Gasteiger partial charge in [0.2, 0.25) is 0 Å². The Bertz CT molecular complexity index is 454. The highest BCUT2D eigenvalue weighted by Crippen LogP contribution is 2.28. The van der Waals surface area contributed by atoms with E-state index >= 15 is 0 Å². The van der Waals surface area contributed by atoms with Gasteiger partial charge in [-0.25, -0.2) is 0 Å². The van der Waals surface area contributed by atoms with Crippen LogP contribution in [0.1, 0.15) is 25.5 Å². The van der Waals surface area contributed by atoms with Crippen LogP contribution in [0, 0.1) is 5.92 Å². The summed E-state index contributed by atoms with van der Waals surface area (Å²) in [7, 11) is 4.08. The highest BCUT2D eigenvalue weighted by molar-refractivity contribution is 14.0. The first-order valence-electron chi connectivity index (χ1n) is 6.90. The lowest BCUT2D eigenvalue weighted by Gasteiger charge is -2.22. The van der Waals surface area contributed by atoms with Crippen molar-refractivity contribution in [3.8, 4) is 0 Å². The number of halogens is 2. The molecule has 0 aliphatic heterocycles. The van der Waals surface area contributed by atoms with E-state index in [0.717, 1.165) is 36.5 Å². The van der Waals surface area contributed by atoms with Gasteiger partial charge in [-0.2, -0.15) is 0 Å². The molecule has 0 bridgehead atoms. The number of rotatable bonds is 5. The molecule has 1 fully saturated rings. The number of nitrogens with zero attached hydrogens (tertiary/aromatic N) is 3. The summed E-state index contributed by atoms with van der Waals surface area (Å²) < 4.78 is 2.06. The molecule has 4 nitrogen and oxygen atoms in total. The molecule has 1 aliphatic carbocycles. The zero-order valence-corrected chi connectivity index (χ0v) is 15.5. The normalized spacial score (nSPS) is 14.9. The molecule has 1 aromatic heterocycles. The first-order valence-corrected chi connectivity index (χ1v) is 7.28. The molecule has 2 rings (SSSR count). The van der Waals surface area contributed by atoms with Crippen LogP contribution in [0.4, 0.5) is 0 Å². The molecule has 0 radical (unpaired) electrons. The van der Waals surface area contributed by atoms with Gasteiger partial charge in [-0.3, -0.25) is 4.99 Å². The van der Waals surface area contributed by atoms with Gasteiger partial charge in [0.15, 0.2) is 5.96 Å². The molecule has 1 saturated carbocycles. The summed E-state index contributed by atoms with van der Waals surface area (Å²) in [5.41, 5.74) is 1.18. The van der Waals surface area contributed by atoms with E-state index in [1.807, 2.05) is 19.3 Å². The van der Waals surface area contributed by atoms with E-state index in [1.165, 1.54) is 18.5 Å². The van der Waals surface area contributed by atoms with Gasteiger partial charge in [-0.1, -0.05) is 11.6 Å². The standard InChI is InChI=1S/C14H23ClN4.HI/c1-4-16-14(17-8-11-5-6-11)19(3)10-13-7-12(15)9-18(13)2;/h7,9,11H,4-6,8,10H2,1-3H3,(H,16,17);1H. The summed E-state index contributed by atoms with van der Waals surface area (Å²) in [5.74, 6) is 1.79. The lowest BCUT2D eigenvalue weighted by molar-refractivity contribution is 0.461. The molecule has 20 heavy (non-hydrogen) atoms. The molecule has 0 spiro atoms. The highest BCUT2D eigenvalue weighted by atomic mass is 127. The van der Waals surface area contributed by atoms with Crippen molar-refractivity contribution in [1.82, 2.24) is 14.8 Å². The van der Waals surface area contributed by atoms with Crippen LogP contribution in [-0.4, -0.2) is 35.6 Å². The Hall–Kier alpha value is -0.430. The molecular formula is C14H24ClIN4. The average Bonchev–Trinajstić information content (AvgIpc) is 3.12. The van der Waals surface area contributed by atoms with E-state index in [1.54, 1.807) is 0 Å². The van der Waals surface area contributed by atoms with Crippen molar-refractivity contribution >= 4 is 41.5 Å². The molecule has 114 valence electrons. The number of hydrogen-bond acceptors (Lipinski definition) is 1. The minimum absolute atomic E-state index is 0. The van der Waals surface area contributed by atoms with E-state index in [9.17, 15) is 0 Å². The molecule has 1 heterocycles. The molecule has 1 aromatic rings. The Morgan fingerprint density at radius 3 is 2.75 bits per heavy atom. The second-order valence-corrected chi connectivity index (χ2v) is 5.69. The van der Waals surface area contributed by atoms with E-state index in [0.29, 0.717) is 0 Å². The number of nitrogens with one attached hydrogen (secondary N) is 1. The predicted octanol–water partition coefficient (Wildman–Crippen LogP) is 3.10. The summed E-state index contributed by atoms with van der Waals surface area (Å²) in [6, 6.07) is 2.00. The molecule has 0 aromatic carbocycles. The summed E-state index contributed by atoms with van der Waals surface area (Å²) >= 11 is 6.02. The molecular weight excluding hydrogens is 387 g/mol. The Kier molecular flexibility index (Phi) is 7.15. The first-order chi connectivity index (χ1) is 9.10. The van der Waals surface area contributed by atoms with Crippen LogP contribution in [0.25, 0.3) is 0 Å². The van der Waals surface area contributed by atoms with Crippen molar-refractivity contribution in [2.75, 3.05) is 20.1 Å². The van der Waals surface area contributed by atoms with Crippen molar-refractivity contribution in [2.24, 2.45) is 18.0 Å². The maximum absolute atomic E-state index is 6.02. The van der Waals surface area contributed by atoms with Crippen molar-refractivity contribution in [3.05, 3.63) is 23.0 Å². The van der Waals surface area contributed by atoms with Crippen molar-refractivity contribution in [3.63, 3.8) is 0 Å². The van der Waals surface area contributed by atoms with Gasteiger partial charge < -0.3 is 14.8 Å². The quantitative estimate of drug-likeness (QED) is 0.460.